The smallest absolute Gasteiger partial charge is 0.146 e. The molecule has 72 valence electrons. The molecule has 0 aliphatic rings. The molecule has 0 spiro atoms. The highest BCUT2D eigenvalue weighted by molar-refractivity contribution is 5.41. The monoisotopic (exact) mass is 182 g/mol. The van der Waals surface area contributed by atoms with Crippen molar-refractivity contribution in [3.63, 3.8) is 0 Å². The molecule has 0 aromatic heterocycles. The van der Waals surface area contributed by atoms with E-state index in [0.29, 0.717) is 0 Å². The molecule has 0 radical (unpaired) electrons. The maximum atomic E-state index is 13.0. The van der Waals surface area contributed by atoms with Crippen molar-refractivity contribution in [2.75, 3.05) is 26.4 Å². The Morgan fingerprint density at radius 3 is 2.62 bits per heavy atom. The van der Waals surface area contributed by atoms with Crippen LogP contribution in [0.2, 0.25) is 0 Å². The van der Waals surface area contributed by atoms with E-state index in [1.54, 1.807) is 6.07 Å². The Kier molecular flexibility index (Phi) is 3.25. The summed E-state index contributed by atoms with van der Waals surface area (Å²) >= 11 is 0. The molecule has 1 aromatic rings. The van der Waals surface area contributed by atoms with Crippen molar-refractivity contribution in [3.05, 3.63) is 29.6 Å². The summed E-state index contributed by atoms with van der Waals surface area (Å²) in [6.07, 6.45) is 0.851. The lowest BCUT2D eigenvalue weighted by Gasteiger charge is -2.09. The fourth-order valence-electron chi connectivity index (χ4n) is 1.08. The highest BCUT2D eigenvalue weighted by Gasteiger charge is 2.00. The number of nitrogen functional groups attached to an aromatic ring is 1. The lowest BCUT2D eigenvalue weighted by atomic mass is 10.1. The van der Waals surface area contributed by atoms with Gasteiger partial charge < -0.3 is 10.6 Å². The molecule has 13 heavy (non-hydrogen) atoms. The first-order valence-electron chi connectivity index (χ1n) is 4.28. The van der Waals surface area contributed by atoms with Crippen LogP contribution in [0.5, 0.6) is 0 Å². The minimum Gasteiger partial charge on any atom is -0.396 e. The number of nitrogens with two attached hydrogens (primary N) is 1. The molecule has 1 aromatic carbocycles. The molecule has 0 bridgehead atoms. The van der Waals surface area contributed by atoms with Crippen LogP contribution in [0.25, 0.3) is 0 Å². The number of likely N-dealkylation sites (N-methyl/N-ethyl adjacent to an activating group) is 1. The fourth-order valence-corrected chi connectivity index (χ4v) is 1.08. The third kappa shape index (κ3) is 3.03. The summed E-state index contributed by atoms with van der Waals surface area (Å²) in [5.41, 5.74) is 6.56. The Labute approximate surface area is 78.2 Å². The fraction of sp³-hybridized carbons (Fsp3) is 0.400. The topological polar surface area (TPSA) is 29.3 Å². The molecule has 0 fully saturated rings. The average molecular weight is 182 g/mol. The van der Waals surface area contributed by atoms with Crippen molar-refractivity contribution < 1.29 is 4.39 Å². The van der Waals surface area contributed by atoms with Crippen LogP contribution in [-0.4, -0.2) is 25.5 Å². The van der Waals surface area contributed by atoms with Gasteiger partial charge in [0, 0.05) is 6.54 Å². The van der Waals surface area contributed by atoms with Crippen LogP contribution in [0.15, 0.2) is 18.2 Å². The van der Waals surface area contributed by atoms with Gasteiger partial charge in [-0.25, -0.2) is 4.39 Å². The van der Waals surface area contributed by atoms with E-state index in [1.165, 1.54) is 6.07 Å². The number of rotatable bonds is 3. The number of benzene rings is 1. The number of halogens is 1. The van der Waals surface area contributed by atoms with Gasteiger partial charge in [-0.2, -0.15) is 0 Å². The molecular formula is C10H15FN2. The van der Waals surface area contributed by atoms with Crippen molar-refractivity contribution >= 4 is 5.69 Å². The van der Waals surface area contributed by atoms with E-state index in [9.17, 15) is 4.39 Å². The second kappa shape index (κ2) is 4.23. The summed E-state index contributed by atoms with van der Waals surface area (Å²) < 4.78 is 13.0. The van der Waals surface area contributed by atoms with Crippen molar-refractivity contribution in [1.82, 2.24) is 4.90 Å². The Morgan fingerprint density at radius 2 is 2.08 bits per heavy atom. The van der Waals surface area contributed by atoms with Gasteiger partial charge in [0.15, 0.2) is 0 Å². The normalized spacial score (nSPS) is 10.8. The molecule has 0 amide bonds. The molecule has 0 atom stereocenters. The summed E-state index contributed by atoms with van der Waals surface area (Å²) in [5.74, 6) is -0.323. The molecular weight excluding hydrogens is 167 g/mol. The Bertz CT molecular complexity index is 284. The van der Waals surface area contributed by atoms with Gasteiger partial charge in [0.1, 0.15) is 5.82 Å². The molecule has 0 unspecified atom stereocenters. The van der Waals surface area contributed by atoms with Crippen LogP contribution in [0.4, 0.5) is 10.1 Å². The summed E-state index contributed by atoms with van der Waals surface area (Å²) in [4.78, 5) is 2.06. The largest absolute Gasteiger partial charge is 0.396 e. The van der Waals surface area contributed by atoms with Gasteiger partial charge in [-0.1, -0.05) is 6.07 Å². The number of anilines is 1. The van der Waals surface area contributed by atoms with Crippen molar-refractivity contribution in [2.45, 2.75) is 6.42 Å². The van der Waals surface area contributed by atoms with Crippen LogP contribution in [-0.2, 0) is 6.42 Å². The molecule has 0 saturated carbocycles. The van der Waals surface area contributed by atoms with E-state index in [2.05, 4.69) is 4.90 Å². The predicted molar refractivity (Wildman–Crippen MR) is 53.1 cm³/mol. The molecule has 0 heterocycles. The maximum absolute atomic E-state index is 13.0. The maximum Gasteiger partial charge on any atom is 0.146 e. The van der Waals surface area contributed by atoms with Gasteiger partial charge in [0.05, 0.1) is 5.69 Å². The molecule has 0 aliphatic carbocycles. The van der Waals surface area contributed by atoms with Gasteiger partial charge in [-0.05, 0) is 38.2 Å². The van der Waals surface area contributed by atoms with E-state index in [1.807, 2.05) is 20.2 Å². The molecule has 2 N–H and O–H groups in total. The molecule has 2 nitrogen and oxygen atoms in total. The summed E-state index contributed by atoms with van der Waals surface area (Å²) in [6.45, 7) is 0.920. The highest BCUT2D eigenvalue weighted by Crippen LogP contribution is 2.12. The van der Waals surface area contributed by atoms with E-state index in [0.717, 1.165) is 18.5 Å². The molecule has 3 heteroatoms. The van der Waals surface area contributed by atoms with Crippen molar-refractivity contribution in [3.8, 4) is 0 Å². The Morgan fingerprint density at radius 1 is 1.38 bits per heavy atom. The summed E-state index contributed by atoms with van der Waals surface area (Å²) in [5, 5.41) is 0. The average Bonchev–Trinajstić information content (AvgIpc) is 2.07. The van der Waals surface area contributed by atoms with Crippen molar-refractivity contribution in [1.29, 1.82) is 0 Å². The second-order valence-electron chi connectivity index (χ2n) is 3.41. The minimum absolute atomic E-state index is 0.216. The Hall–Kier alpha value is -1.09. The third-order valence-electron chi connectivity index (χ3n) is 1.91. The van der Waals surface area contributed by atoms with E-state index >= 15 is 0 Å². The molecule has 0 aliphatic heterocycles. The quantitative estimate of drug-likeness (QED) is 0.718. The predicted octanol–water partition coefficient (Wildman–Crippen LogP) is 1.51. The van der Waals surface area contributed by atoms with Crippen LogP contribution < -0.4 is 5.73 Å². The lowest BCUT2D eigenvalue weighted by molar-refractivity contribution is 0.413. The van der Waals surface area contributed by atoms with Gasteiger partial charge in [0.25, 0.3) is 0 Å². The zero-order valence-electron chi connectivity index (χ0n) is 8.05. The zero-order valence-corrected chi connectivity index (χ0v) is 8.05. The van der Waals surface area contributed by atoms with Crippen LogP contribution >= 0.6 is 0 Å². The molecule has 0 saturated heterocycles. The molecule has 1 rings (SSSR count). The van der Waals surface area contributed by atoms with Crippen molar-refractivity contribution in [2.24, 2.45) is 0 Å². The SMILES string of the molecule is CN(C)CCc1ccc(N)c(F)c1. The minimum atomic E-state index is -0.323. The first kappa shape index (κ1) is 9.99. The standard InChI is InChI=1S/C10H15FN2/c1-13(2)6-5-8-3-4-10(12)9(11)7-8/h3-4,7H,5-6,12H2,1-2H3. The number of hydrogen-bond donors (Lipinski definition) is 1. The van der Waals surface area contributed by atoms with E-state index in [-0.39, 0.29) is 11.5 Å². The third-order valence-corrected chi connectivity index (χ3v) is 1.91. The Balaban J connectivity index is 2.63. The zero-order chi connectivity index (χ0) is 9.84. The summed E-state index contributed by atoms with van der Waals surface area (Å²) in [6, 6.07) is 4.97. The first-order chi connectivity index (χ1) is 6.09. The first-order valence-corrected chi connectivity index (χ1v) is 4.28. The number of nitrogens with zero attached hydrogens (tertiary/aromatic N) is 1. The van der Waals surface area contributed by atoms with Crippen LogP contribution in [0.3, 0.4) is 0 Å². The highest BCUT2D eigenvalue weighted by atomic mass is 19.1. The van der Waals surface area contributed by atoms with Crippen LogP contribution in [0, 0.1) is 5.82 Å². The van der Waals surface area contributed by atoms with E-state index < -0.39 is 0 Å². The lowest BCUT2D eigenvalue weighted by Crippen LogP contribution is -2.15. The van der Waals surface area contributed by atoms with Crippen LogP contribution in [0.1, 0.15) is 5.56 Å². The van der Waals surface area contributed by atoms with Gasteiger partial charge in [0.2, 0.25) is 0 Å². The van der Waals surface area contributed by atoms with Gasteiger partial charge in [-0.15, -0.1) is 0 Å². The van der Waals surface area contributed by atoms with Gasteiger partial charge >= 0.3 is 0 Å². The van der Waals surface area contributed by atoms with E-state index in [4.69, 9.17) is 5.73 Å². The van der Waals surface area contributed by atoms with Gasteiger partial charge in [-0.3, -0.25) is 0 Å². The second-order valence-corrected chi connectivity index (χ2v) is 3.41. The number of hydrogen-bond acceptors (Lipinski definition) is 2. The summed E-state index contributed by atoms with van der Waals surface area (Å²) in [7, 11) is 3.99.